The van der Waals surface area contributed by atoms with Gasteiger partial charge in [0.2, 0.25) is 0 Å². The highest BCUT2D eigenvalue weighted by Crippen LogP contribution is 2.69. The van der Waals surface area contributed by atoms with Crippen LogP contribution in [0.5, 0.6) is 0 Å². The lowest BCUT2D eigenvalue weighted by Crippen LogP contribution is -2.56. The second kappa shape index (κ2) is 8.81. The summed E-state index contributed by atoms with van der Waals surface area (Å²) in [5, 5.41) is 10.6. The minimum Gasteiger partial charge on any atom is -0.393 e. The Kier molecular flexibility index (Phi) is 6.78. The highest BCUT2D eigenvalue weighted by molar-refractivity contribution is 5.10. The Morgan fingerprint density at radius 1 is 0.935 bits per heavy atom. The van der Waals surface area contributed by atoms with E-state index in [1.165, 1.54) is 69.8 Å². The van der Waals surface area contributed by atoms with E-state index in [1.807, 2.05) is 0 Å². The maximum atomic E-state index is 10.6. The molecule has 1 N–H and O–H groups in total. The summed E-state index contributed by atoms with van der Waals surface area (Å²) in [6, 6.07) is 0. The van der Waals surface area contributed by atoms with E-state index in [-0.39, 0.29) is 6.10 Å². The van der Waals surface area contributed by atoms with Crippen LogP contribution in [0, 0.1) is 58.2 Å². The van der Waals surface area contributed by atoms with Crippen molar-refractivity contribution in [2.45, 2.75) is 118 Å². The average molecular weight is 429 g/mol. The average Bonchev–Trinajstić information content (AvgIpc) is 3.08. The van der Waals surface area contributed by atoms with Gasteiger partial charge < -0.3 is 5.11 Å². The van der Waals surface area contributed by atoms with Crippen LogP contribution in [0.25, 0.3) is 0 Å². The smallest absolute Gasteiger partial charge is 0.0568 e. The molecular formula is C30H52O. The van der Waals surface area contributed by atoms with E-state index in [9.17, 15) is 5.11 Å². The molecule has 0 aromatic heterocycles. The van der Waals surface area contributed by atoms with E-state index < -0.39 is 0 Å². The first kappa shape index (κ1) is 23.8. The van der Waals surface area contributed by atoms with Gasteiger partial charge in [0.15, 0.2) is 0 Å². The van der Waals surface area contributed by atoms with Crippen molar-refractivity contribution in [1.82, 2.24) is 0 Å². The molecule has 31 heavy (non-hydrogen) atoms. The lowest BCUT2D eigenvalue weighted by atomic mass is 9.43. The predicted molar refractivity (Wildman–Crippen MR) is 133 cm³/mol. The van der Waals surface area contributed by atoms with Gasteiger partial charge >= 0.3 is 0 Å². The lowest BCUT2D eigenvalue weighted by molar-refractivity contribution is -0.149. The van der Waals surface area contributed by atoms with Crippen LogP contribution >= 0.6 is 0 Å². The van der Waals surface area contributed by atoms with Gasteiger partial charge in [0, 0.05) is 0 Å². The molecule has 0 amide bonds. The number of aliphatic hydroxyl groups is 1. The summed E-state index contributed by atoms with van der Waals surface area (Å²) in [4.78, 5) is 0. The summed E-state index contributed by atoms with van der Waals surface area (Å²) in [6.07, 6.45) is 15.0. The summed E-state index contributed by atoms with van der Waals surface area (Å²) in [5.41, 5.74) is 2.46. The summed E-state index contributed by atoms with van der Waals surface area (Å²) >= 11 is 0. The first-order valence-electron chi connectivity index (χ1n) is 14.0. The molecule has 0 spiro atoms. The number of hydrogen-bond acceptors (Lipinski definition) is 1. The molecule has 0 saturated heterocycles. The molecule has 4 aliphatic rings. The third-order valence-electron chi connectivity index (χ3n) is 12.1. The molecule has 4 rings (SSSR count). The minimum atomic E-state index is -0.0497. The van der Waals surface area contributed by atoms with Crippen LogP contribution in [-0.2, 0) is 0 Å². The molecule has 4 saturated carbocycles. The van der Waals surface area contributed by atoms with Gasteiger partial charge in [0.1, 0.15) is 0 Å². The normalized spacial score (nSPS) is 48.9. The van der Waals surface area contributed by atoms with Gasteiger partial charge in [-0.05, 0) is 136 Å². The fraction of sp³-hybridized carbons (Fsp3) is 0.933. The summed E-state index contributed by atoms with van der Waals surface area (Å²) in [5.74, 6) is 6.61. The zero-order chi connectivity index (χ0) is 22.6. The van der Waals surface area contributed by atoms with E-state index in [0.717, 1.165) is 47.8 Å². The lowest BCUT2D eigenvalue weighted by Gasteiger charge is -2.62. The van der Waals surface area contributed by atoms with Crippen molar-refractivity contribution >= 4 is 0 Å². The molecule has 4 fully saturated rings. The maximum absolute atomic E-state index is 10.6. The van der Waals surface area contributed by atoms with E-state index in [1.54, 1.807) is 0 Å². The van der Waals surface area contributed by atoms with Gasteiger partial charge in [-0.15, -0.1) is 0 Å². The Morgan fingerprint density at radius 2 is 1.58 bits per heavy atom. The number of hydrogen-bond donors (Lipinski definition) is 1. The van der Waals surface area contributed by atoms with Gasteiger partial charge in [0.25, 0.3) is 0 Å². The number of rotatable bonds is 6. The molecule has 0 aliphatic heterocycles. The fourth-order valence-corrected chi connectivity index (χ4v) is 10.1. The standard InChI is InChI=1S/C30H52O/c1-8-22(19(2)3)10-9-20(4)24-13-14-26-23-11-12-25-21(5)28(31)16-18-30(25,7)27(23)15-17-29(24,26)6/h20-28,31H,2,8-18H2,1,3-7H3/t20-,21+,22?,23+,24-,25+,26+,27+,28+,29-,30+/m1/s1. The van der Waals surface area contributed by atoms with Crippen LogP contribution in [0.3, 0.4) is 0 Å². The van der Waals surface area contributed by atoms with Crippen molar-refractivity contribution in [2.75, 3.05) is 0 Å². The topological polar surface area (TPSA) is 20.2 Å². The first-order valence-corrected chi connectivity index (χ1v) is 14.0. The predicted octanol–water partition coefficient (Wildman–Crippen LogP) is 8.27. The summed E-state index contributed by atoms with van der Waals surface area (Å²) in [7, 11) is 0. The van der Waals surface area contributed by atoms with Crippen LogP contribution < -0.4 is 0 Å². The number of aliphatic hydroxyl groups excluding tert-OH is 1. The van der Waals surface area contributed by atoms with Crippen molar-refractivity contribution in [3.63, 3.8) is 0 Å². The van der Waals surface area contributed by atoms with Gasteiger partial charge in [-0.3, -0.25) is 0 Å². The molecule has 1 heteroatoms. The Morgan fingerprint density at radius 3 is 2.26 bits per heavy atom. The van der Waals surface area contributed by atoms with Crippen LogP contribution in [-0.4, -0.2) is 11.2 Å². The molecule has 4 aliphatic carbocycles. The molecule has 11 atom stereocenters. The Balaban J connectivity index is 1.47. The molecule has 0 aromatic carbocycles. The third-order valence-corrected chi connectivity index (χ3v) is 12.1. The quantitative estimate of drug-likeness (QED) is 0.422. The first-order chi connectivity index (χ1) is 14.6. The van der Waals surface area contributed by atoms with Crippen molar-refractivity contribution < 1.29 is 5.11 Å². The van der Waals surface area contributed by atoms with Gasteiger partial charge in [0.05, 0.1) is 6.10 Å². The molecule has 0 heterocycles. The van der Waals surface area contributed by atoms with E-state index in [0.29, 0.717) is 16.7 Å². The zero-order valence-electron chi connectivity index (χ0n) is 21.6. The second-order valence-corrected chi connectivity index (χ2v) is 13.3. The van der Waals surface area contributed by atoms with Gasteiger partial charge in [-0.2, -0.15) is 0 Å². The molecule has 1 unspecified atom stereocenters. The van der Waals surface area contributed by atoms with Crippen LogP contribution in [0.15, 0.2) is 12.2 Å². The van der Waals surface area contributed by atoms with Crippen molar-refractivity contribution in [2.24, 2.45) is 58.2 Å². The number of allylic oxidation sites excluding steroid dienone is 1. The highest BCUT2D eigenvalue weighted by atomic mass is 16.3. The van der Waals surface area contributed by atoms with Crippen LogP contribution in [0.1, 0.15) is 112 Å². The minimum absolute atomic E-state index is 0.0497. The van der Waals surface area contributed by atoms with E-state index in [4.69, 9.17) is 0 Å². The highest BCUT2D eigenvalue weighted by Gasteiger charge is 2.61. The van der Waals surface area contributed by atoms with Crippen LogP contribution in [0.4, 0.5) is 0 Å². The zero-order valence-corrected chi connectivity index (χ0v) is 21.6. The largest absolute Gasteiger partial charge is 0.393 e. The molecule has 0 aromatic rings. The number of fused-ring (bicyclic) bond motifs is 5. The van der Waals surface area contributed by atoms with Crippen molar-refractivity contribution in [3.8, 4) is 0 Å². The SMILES string of the molecule is C=C(C)C(CC)CC[C@@H](C)[C@H]1CC[C@H]2[C@@H]3CC[C@H]4[C@H](C)[C@@H](O)CC[C@]4(C)[C@H]3CC[C@]12C. The molecule has 1 nitrogen and oxygen atoms in total. The van der Waals surface area contributed by atoms with E-state index >= 15 is 0 Å². The Labute approximate surface area is 193 Å². The van der Waals surface area contributed by atoms with Crippen molar-refractivity contribution in [3.05, 3.63) is 12.2 Å². The van der Waals surface area contributed by atoms with Crippen molar-refractivity contribution in [1.29, 1.82) is 0 Å². The molecule has 178 valence electrons. The Hall–Kier alpha value is -0.300. The molecular weight excluding hydrogens is 376 g/mol. The Bertz CT molecular complexity index is 653. The van der Waals surface area contributed by atoms with E-state index in [2.05, 4.69) is 48.1 Å². The van der Waals surface area contributed by atoms with Crippen LogP contribution in [0.2, 0.25) is 0 Å². The molecule has 0 radical (unpaired) electrons. The monoisotopic (exact) mass is 428 g/mol. The third kappa shape index (κ3) is 3.87. The fourth-order valence-electron chi connectivity index (χ4n) is 10.1. The maximum Gasteiger partial charge on any atom is 0.0568 e. The molecule has 0 bridgehead atoms. The second-order valence-electron chi connectivity index (χ2n) is 13.3. The summed E-state index contributed by atoms with van der Waals surface area (Å²) < 4.78 is 0. The van der Waals surface area contributed by atoms with Gasteiger partial charge in [-0.25, -0.2) is 0 Å². The summed E-state index contributed by atoms with van der Waals surface area (Å²) in [6.45, 7) is 19.1. The van der Waals surface area contributed by atoms with Gasteiger partial charge in [-0.1, -0.05) is 46.8 Å².